The van der Waals surface area contributed by atoms with Gasteiger partial charge in [0, 0.05) is 13.2 Å². The number of aromatic nitrogens is 2. The monoisotopic (exact) mass is 175 g/mol. The van der Waals surface area contributed by atoms with E-state index in [1.54, 1.807) is 17.6 Å². The predicted molar refractivity (Wildman–Crippen MR) is 48.6 cm³/mol. The van der Waals surface area contributed by atoms with E-state index in [4.69, 9.17) is 0 Å². The van der Waals surface area contributed by atoms with E-state index in [1.807, 2.05) is 24.4 Å². The zero-order valence-electron chi connectivity index (χ0n) is 7.19. The van der Waals surface area contributed by atoms with Crippen LogP contribution < -0.4 is 5.32 Å². The average molecular weight is 175 g/mol. The number of carbonyl (C=O) groups is 1. The first-order valence-electron chi connectivity index (χ1n) is 3.97. The number of hydrogen-bond acceptors (Lipinski definition) is 2. The van der Waals surface area contributed by atoms with Crippen molar-refractivity contribution in [1.82, 2.24) is 14.7 Å². The second-order valence-electron chi connectivity index (χ2n) is 2.66. The molecular weight excluding hydrogens is 166 g/mol. The van der Waals surface area contributed by atoms with E-state index in [0.29, 0.717) is 5.82 Å². The lowest BCUT2D eigenvalue weighted by atomic mass is 10.4. The second kappa shape index (κ2) is 2.90. The van der Waals surface area contributed by atoms with Crippen LogP contribution in [0.2, 0.25) is 0 Å². The molecule has 1 N–H and O–H groups in total. The summed E-state index contributed by atoms with van der Waals surface area (Å²) >= 11 is 0. The van der Waals surface area contributed by atoms with Crippen molar-refractivity contribution in [3.8, 4) is 0 Å². The van der Waals surface area contributed by atoms with Gasteiger partial charge in [-0.2, -0.15) is 0 Å². The molecule has 13 heavy (non-hydrogen) atoms. The van der Waals surface area contributed by atoms with Crippen molar-refractivity contribution in [3.63, 3.8) is 0 Å². The fourth-order valence-corrected chi connectivity index (χ4v) is 1.22. The van der Waals surface area contributed by atoms with E-state index < -0.39 is 0 Å². The molecule has 0 aliphatic rings. The average Bonchev–Trinajstić information content (AvgIpc) is 2.60. The molecular formula is C9H9N3O. The molecule has 0 aliphatic carbocycles. The molecule has 0 spiro atoms. The highest BCUT2D eigenvalue weighted by Crippen LogP contribution is 2.05. The van der Waals surface area contributed by atoms with Gasteiger partial charge in [0.05, 0.1) is 11.7 Å². The number of rotatable bonds is 1. The molecule has 0 aromatic carbocycles. The quantitative estimate of drug-likeness (QED) is 0.693. The van der Waals surface area contributed by atoms with Crippen molar-refractivity contribution in [2.45, 2.75) is 0 Å². The molecule has 0 saturated carbocycles. The van der Waals surface area contributed by atoms with Gasteiger partial charge in [-0.3, -0.25) is 9.20 Å². The molecule has 2 heterocycles. The highest BCUT2D eigenvalue weighted by atomic mass is 16.2. The molecule has 0 aliphatic heterocycles. The Morgan fingerprint density at radius 3 is 3.15 bits per heavy atom. The van der Waals surface area contributed by atoms with Crippen LogP contribution in [0.25, 0.3) is 5.52 Å². The van der Waals surface area contributed by atoms with Crippen LogP contribution in [0.3, 0.4) is 0 Å². The summed E-state index contributed by atoms with van der Waals surface area (Å²) in [4.78, 5) is 15.3. The smallest absolute Gasteiger partial charge is 0.287 e. The van der Waals surface area contributed by atoms with E-state index >= 15 is 0 Å². The first kappa shape index (κ1) is 7.79. The number of carbonyl (C=O) groups excluding carboxylic acids is 1. The molecule has 66 valence electrons. The summed E-state index contributed by atoms with van der Waals surface area (Å²) in [6.07, 6.45) is 3.48. The highest BCUT2D eigenvalue weighted by molar-refractivity contribution is 5.91. The molecule has 2 aromatic heterocycles. The number of fused-ring (bicyclic) bond motifs is 1. The number of amides is 1. The van der Waals surface area contributed by atoms with Crippen molar-refractivity contribution in [1.29, 1.82) is 0 Å². The summed E-state index contributed by atoms with van der Waals surface area (Å²) < 4.78 is 1.75. The van der Waals surface area contributed by atoms with Gasteiger partial charge in [0.15, 0.2) is 0 Å². The second-order valence-corrected chi connectivity index (χ2v) is 2.66. The van der Waals surface area contributed by atoms with Gasteiger partial charge in [0.2, 0.25) is 5.82 Å². The number of pyridine rings is 1. The van der Waals surface area contributed by atoms with Crippen LogP contribution in [0.5, 0.6) is 0 Å². The zero-order chi connectivity index (χ0) is 9.26. The van der Waals surface area contributed by atoms with Crippen LogP contribution in [0.15, 0.2) is 30.6 Å². The number of imidazole rings is 1. The van der Waals surface area contributed by atoms with Gasteiger partial charge in [-0.25, -0.2) is 4.98 Å². The summed E-state index contributed by atoms with van der Waals surface area (Å²) in [5.41, 5.74) is 0.918. The maximum Gasteiger partial charge on any atom is 0.287 e. The molecule has 2 rings (SSSR count). The third-order valence-electron chi connectivity index (χ3n) is 1.87. The van der Waals surface area contributed by atoms with E-state index in [0.717, 1.165) is 5.52 Å². The Morgan fingerprint density at radius 2 is 2.38 bits per heavy atom. The van der Waals surface area contributed by atoms with E-state index in [9.17, 15) is 4.79 Å². The van der Waals surface area contributed by atoms with Crippen molar-refractivity contribution >= 4 is 11.4 Å². The molecule has 0 atom stereocenters. The summed E-state index contributed by atoms with van der Waals surface area (Å²) in [6.45, 7) is 0. The van der Waals surface area contributed by atoms with Crippen LogP contribution in [0.4, 0.5) is 0 Å². The van der Waals surface area contributed by atoms with Gasteiger partial charge in [0.25, 0.3) is 5.91 Å². The third kappa shape index (κ3) is 1.16. The third-order valence-corrected chi connectivity index (χ3v) is 1.87. The maximum atomic E-state index is 11.3. The minimum atomic E-state index is -0.175. The molecule has 4 heteroatoms. The maximum absolute atomic E-state index is 11.3. The molecule has 0 saturated heterocycles. The zero-order valence-corrected chi connectivity index (χ0v) is 7.19. The first-order valence-corrected chi connectivity index (χ1v) is 3.97. The molecule has 4 nitrogen and oxygen atoms in total. The van der Waals surface area contributed by atoms with Crippen molar-refractivity contribution in [2.75, 3.05) is 7.05 Å². The number of nitrogens with zero attached hydrogens (tertiary/aromatic N) is 2. The predicted octanol–water partition coefficient (Wildman–Crippen LogP) is 0.694. The summed E-state index contributed by atoms with van der Waals surface area (Å²) in [5.74, 6) is 0.240. The topological polar surface area (TPSA) is 46.4 Å². The Balaban J connectivity index is 2.64. The first-order chi connectivity index (χ1) is 6.33. The SMILES string of the molecule is CNC(=O)c1ncc2ccccn12. The molecule has 0 fully saturated rings. The summed E-state index contributed by atoms with van der Waals surface area (Å²) in [5, 5.41) is 2.54. The molecule has 0 radical (unpaired) electrons. The van der Waals surface area contributed by atoms with Crippen LogP contribution in [-0.2, 0) is 0 Å². The minimum absolute atomic E-state index is 0.175. The van der Waals surface area contributed by atoms with Gasteiger partial charge < -0.3 is 5.32 Å². The molecule has 1 amide bonds. The van der Waals surface area contributed by atoms with Gasteiger partial charge >= 0.3 is 0 Å². The van der Waals surface area contributed by atoms with Gasteiger partial charge in [-0.15, -0.1) is 0 Å². The Labute approximate surface area is 75.2 Å². The normalized spacial score (nSPS) is 10.2. The Hall–Kier alpha value is -1.84. The molecule has 0 bridgehead atoms. The largest absolute Gasteiger partial charge is 0.352 e. The molecule has 0 unspecified atom stereocenters. The van der Waals surface area contributed by atoms with E-state index in [-0.39, 0.29) is 5.91 Å². The minimum Gasteiger partial charge on any atom is -0.352 e. The van der Waals surface area contributed by atoms with E-state index in [1.165, 1.54) is 0 Å². The van der Waals surface area contributed by atoms with Crippen molar-refractivity contribution < 1.29 is 4.79 Å². The standard InChI is InChI=1S/C9H9N3O/c1-10-9(13)8-11-6-7-4-2-3-5-12(7)8/h2-6H,1H3,(H,10,13). The lowest BCUT2D eigenvalue weighted by molar-refractivity contribution is 0.0952. The van der Waals surface area contributed by atoms with Crippen molar-refractivity contribution in [3.05, 3.63) is 36.4 Å². The van der Waals surface area contributed by atoms with Crippen LogP contribution >= 0.6 is 0 Å². The summed E-state index contributed by atoms with van der Waals surface area (Å²) in [7, 11) is 1.59. The summed E-state index contributed by atoms with van der Waals surface area (Å²) in [6, 6.07) is 5.67. The Bertz CT molecular complexity index is 447. The number of hydrogen-bond donors (Lipinski definition) is 1. The van der Waals surface area contributed by atoms with Crippen molar-refractivity contribution in [2.24, 2.45) is 0 Å². The lowest BCUT2D eigenvalue weighted by Crippen LogP contribution is -2.20. The fourth-order valence-electron chi connectivity index (χ4n) is 1.22. The van der Waals surface area contributed by atoms with Gasteiger partial charge in [-0.05, 0) is 12.1 Å². The van der Waals surface area contributed by atoms with Crippen LogP contribution in [-0.4, -0.2) is 22.3 Å². The van der Waals surface area contributed by atoms with Crippen LogP contribution in [0.1, 0.15) is 10.6 Å². The Kier molecular flexibility index (Phi) is 1.73. The lowest BCUT2D eigenvalue weighted by Gasteiger charge is -1.97. The Morgan fingerprint density at radius 1 is 1.54 bits per heavy atom. The van der Waals surface area contributed by atoms with Gasteiger partial charge in [-0.1, -0.05) is 6.07 Å². The van der Waals surface area contributed by atoms with E-state index in [2.05, 4.69) is 10.3 Å². The van der Waals surface area contributed by atoms with Crippen LogP contribution in [0, 0.1) is 0 Å². The highest BCUT2D eigenvalue weighted by Gasteiger charge is 2.09. The van der Waals surface area contributed by atoms with Gasteiger partial charge in [0.1, 0.15) is 0 Å². The number of nitrogens with one attached hydrogen (secondary N) is 1. The fraction of sp³-hybridized carbons (Fsp3) is 0.111. The molecule has 2 aromatic rings.